The molecule has 10 nitrogen and oxygen atoms in total. The van der Waals surface area contributed by atoms with Crippen molar-refractivity contribution < 1.29 is 9.72 Å². The Kier molecular flexibility index (Phi) is 3.06. The summed E-state index contributed by atoms with van der Waals surface area (Å²) in [5.41, 5.74) is 5.47. The van der Waals surface area contributed by atoms with Crippen LogP contribution in [0, 0.1) is 10.1 Å². The third kappa shape index (κ3) is 2.62. The van der Waals surface area contributed by atoms with Crippen LogP contribution in [0.1, 0.15) is 10.4 Å². The number of aryl methyl sites for hydroxylation is 1. The van der Waals surface area contributed by atoms with E-state index < -0.39 is 10.8 Å². The van der Waals surface area contributed by atoms with Crippen LogP contribution in [0.3, 0.4) is 0 Å². The van der Waals surface area contributed by atoms with Crippen molar-refractivity contribution in [3.8, 4) is 0 Å². The maximum Gasteiger partial charge on any atom is 0.270 e. The number of amides is 1. The molecule has 2 rings (SSSR count). The van der Waals surface area contributed by atoms with Crippen LogP contribution in [-0.4, -0.2) is 31.0 Å². The minimum absolute atomic E-state index is 0.0154. The van der Waals surface area contributed by atoms with Gasteiger partial charge in [0, 0.05) is 17.8 Å². The van der Waals surface area contributed by atoms with E-state index in [1.165, 1.54) is 19.2 Å². The van der Waals surface area contributed by atoms with Gasteiger partial charge in [0.15, 0.2) is 0 Å². The van der Waals surface area contributed by atoms with Gasteiger partial charge in [0.1, 0.15) is 0 Å². The van der Waals surface area contributed by atoms with E-state index in [9.17, 15) is 14.9 Å². The van der Waals surface area contributed by atoms with Crippen LogP contribution in [0.15, 0.2) is 18.2 Å². The normalized spacial score (nSPS) is 10.2. The van der Waals surface area contributed by atoms with Crippen LogP contribution in [0.4, 0.5) is 17.3 Å². The minimum Gasteiger partial charge on any atom is -0.398 e. The van der Waals surface area contributed by atoms with E-state index in [4.69, 9.17) is 5.73 Å². The van der Waals surface area contributed by atoms with Crippen molar-refractivity contribution in [2.75, 3.05) is 11.1 Å². The SMILES string of the molecule is Cn1nnc(NC(=O)c2cc([N+](=O)[O-])ccc2N)n1. The van der Waals surface area contributed by atoms with Gasteiger partial charge in [-0.3, -0.25) is 20.2 Å². The number of benzene rings is 1. The van der Waals surface area contributed by atoms with E-state index in [0.717, 1.165) is 10.9 Å². The first-order valence-electron chi connectivity index (χ1n) is 5.06. The molecule has 1 heterocycles. The number of nitrogens with one attached hydrogen (secondary N) is 1. The molecular formula is C9H9N7O3. The van der Waals surface area contributed by atoms with Crippen molar-refractivity contribution in [2.24, 2.45) is 7.05 Å². The van der Waals surface area contributed by atoms with E-state index in [1.54, 1.807) is 0 Å². The fraction of sp³-hybridized carbons (Fsp3) is 0.111. The number of nitro groups is 1. The van der Waals surface area contributed by atoms with Gasteiger partial charge in [0.05, 0.1) is 17.5 Å². The smallest absolute Gasteiger partial charge is 0.270 e. The summed E-state index contributed by atoms with van der Waals surface area (Å²) in [6.07, 6.45) is 0. The zero-order chi connectivity index (χ0) is 14.0. The van der Waals surface area contributed by atoms with Crippen LogP contribution < -0.4 is 11.1 Å². The van der Waals surface area contributed by atoms with E-state index in [0.29, 0.717) is 0 Å². The Morgan fingerprint density at radius 3 is 2.84 bits per heavy atom. The largest absolute Gasteiger partial charge is 0.398 e. The highest BCUT2D eigenvalue weighted by Crippen LogP contribution is 2.20. The van der Waals surface area contributed by atoms with Gasteiger partial charge in [-0.25, -0.2) is 0 Å². The molecule has 1 aromatic carbocycles. The number of aromatic nitrogens is 4. The molecule has 0 fully saturated rings. The molecule has 0 unspecified atom stereocenters. The molecule has 0 saturated heterocycles. The fourth-order valence-corrected chi connectivity index (χ4v) is 1.36. The summed E-state index contributed by atoms with van der Waals surface area (Å²) < 4.78 is 0. The first kappa shape index (κ1) is 12.4. The van der Waals surface area contributed by atoms with Crippen molar-refractivity contribution in [1.29, 1.82) is 0 Å². The van der Waals surface area contributed by atoms with Gasteiger partial charge >= 0.3 is 0 Å². The number of nitro benzene ring substituents is 1. The summed E-state index contributed by atoms with van der Waals surface area (Å²) in [5.74, 6) is -0.660. The number of nitrogens with two attached hydrogens (primary N) is 1. The molecule has 98 valence electrons. The number of tetrazole rings is 1. The first-order valence-corrected chi connectivity index (χ1v) is 5.06. The predicted octanol–water partition coefficient (Wildman–Crippen LogP) is -0.0472. The molecule has 0 spiro atoms. The minimum atomic E-state index is -0.644. The molecule has 0 aliphatic rings. The van der Waals surface area contributed by atoms with Crippen molar-refractivity contribution in [2.45, 2.75) is 0 Å². The lowest BCUT2D eigenvalue weighted by Gasteiger charge is -2.04. The molecule has 19 heavy (non-hydrogen) atoms. The molecule has 0 aliphatic carbocycles. The second kappa shape index (κ2) is 4.68. The highest BCUT2D eigenvalue weighted by atomic mass is 16.6. The lowest BCUT2D eigenvalue weighted by atomic mass is 10.1. The van der Waals surface area contributed by atoms with Crippen molar-refractivity contribution in [1.82, 2.24) is 20.2 Å². The predicted molar refractivity (Wildman–Crippen MR) is 64.3 cm³/mol. The second-order valence-corrected chi connectivity index (χ2v) is 3.59. The number of nitrogen functional groups attached to an aromatic ring is 1. The Bertz CT molecular complexity index is 651. The Balaban J connectivity index is 2.27. The average Bonchev–Trinajstić information content (AvgIpc) is 2.74. The molecule has 1 amide bonds. The van der Waals surface area contributed by atoms with Crippen LogP contribution in [0.25, 0.3) is 0 Å². The summed E-state index contributed by atoms with van der Waals surface area (Å²) in [7, 11) is 1.53. The Labute approximate surface area is 106 Å². The summed E-state index contributed by atoms with van der Waals surface area (Å²) >= 11 is 0. The molecule has 2 aromatic rings. The molecule has 3 N–H and O–H groups in total. The number of anilines is 2. The van der Waals surface area contributed by atoms with E-state index in [-0.39, 0.29) is 22.9 Å². The third-order valence-corrected chi connectivity index (χ3v) is 2.23. The lowest BCUT2D eigenvalue weighted by molar-refractivity contribution is -0.384. The Hall–Kier alpha value is -3.04. The second-order valence-electron chi connectivity index (χ2n) is 3.59. The third-order valence-electron chi connectivity index (χ3n) is 2.23. The summed E-state index contributed by atoms with van der Waals surface area (Å²) in [6, 6.07) is 3.59. The van der Waals surface area contributed by atoms with Gasteiger partial charge < -0.3 is 5.73 Å². The summed E-state index contributed by atoms with van der Waals surface area (Å²) in [4.78, 5) is 23.1. The summed E-state index contributed by atoms with van der Waals surface area (Å²) in [6.45, 7) is 0. The highest BCUT2D eigenvalue weighted by Gasteiger charge is 2.16. The van der Waals surface area contributed by atoms with Crippen molar-refractivity contribution in [3.63, 3.8) is 0 Å². The van der Waals surface area contributed by atoms with E-state index in [2.05, 4.69) is 20.7 Å². The molecule has 0 saturated carbocycles. The maximum absolute atomic E-state index is 11.9. The number of hydrogen-bond donors (Lipinski definition) is 2. The summed E-state index contributed by atoms with van der Waals surface area (Å²) in [5, 5.41) is 23.8. The van der Waals surface area contributed by atoms with E-state index in [1.807, 2.05) is 0 Å². The lowest BCUT2D eigenvalue weighted by Crippen LogP contribution is -2.15. The van der Waals surface area contributed by atoms with Crippen LogP contribution in [0.2, 0.25) is 0 Å². The molecule has 0 radical (unpaired) electrons. The molecule has 0 bridgehead atoms. The van der Waals surface area contributed by atoms with Crippen molar-refractivity contribution in [3.05, 3.63) is 33.9 Å². The fourth-order valence-electron chi connectivity index (χ4n) is 1.36. The maximum atomic E-state index is 11.9. The number of rotatable bonds is 3. The molecule has 1 aromatic heterocycles. The zero-order valence-electron chi connectivity index (χ0n) is 9.77. The molecule has 0 atom stereocenters. The van der Waals surface area contributed by atoms with Crippen LogP contribution in [0.5, 0.6) is 0 Å². The zero-order valence-corrected chi connectivity index (χ0v) is 9.77. The number of non-ortho nitro benzene ring substituents is 1. The highest BCUT2D eigenvalue weighted by molar-refractivity contribution is 6.07. The number of carbonyl (C=O) groups is 1. The van der Waals surface area contributed by atoms with Gasteiger partial charge in [0.25, 0.3) is 17.5 Å². The van der Waals surface area contributed by atoms with E-state index >= 15 is 0 Å². The van der Waals surface area contributed by atoms with Gasteiger partial charge in [0.2, 0.25) is 0 Å². The van der Waals surface area contributed by atoms with Gasteiger partial charge in [-0.05, 0) is 11.3 Å². The van der Waals surface area contributed by atoms with Gasteiger partial charge in [-0.2, -0.15) is 4.80 Å². The number of carbonyl (C=O) groups excluding carboxylic acids is 1. The first-order chi connectivity index (χ1) is 8.97. The standard InChI is InChI=1S/C9H9N7O3/c1-15-13-9(12-14-15)11-8(17)6-4-5(16(18)19)2-3-7(6)10/h2-4H,10H2,1H3,(H,11,13,17). The Morgan fingerprint density at radius 1 is 1.53 bits per heavy atom. The van der Waals surface area contributed by atoms with Crippen LogP contribution in [-0.2, 0) is 7.05 Å². The Morgan fingerprint density at radius 2 is 2.26 bits per heavy atom. The molecular weight excluding hydrogens is 254 g/mol. The average molecular weight is 263 g/mol. The van der Waals surface area contributed by atoms with Gasteiger partial charge in [-0.15, -0.1) is 5.10 Å². The van der Waals surface area contributed by atoms with Crippen molar-refractivity contribution >= 4 is 23.2 Å². The number of hydrogen-bond acceptors (Lipinski definition) is 7. The quantitative estimate of drug-likeness (QED) is 0.449. The topological polar surface area (TPSA) is 142 Å². The monoisotopic (exact) mass is 263 g/mol. The molecule has 0 aliphatic heterocycles. The molecule has 10 heteroatoms. The number of nitrogens with zero attached hydrogens (tertiary/aromatic N) is 5. The van der Waals surface area contributed by atoms with Crippen LogP contribution >= 0.6 is 0 Å². The van der Waals surface area contributed by atoms with Gasteiger partial charge in [-0.1, -0.05) is 5.10 Å².